The zero-order chi connectivity index (χ0) is 41.5. The predicted molar refractivity (Wildman–Crippen MR) is 242 cm³/mol. The molecule has 0 aliphatic carbocycles. The molecular formula is C51H90O6. The average Bonchev–Trinajstić information content (AvgIpc) is 3.21. The molecule has 0 spiro atoms. The highest BCUT2D eigenvalue weighted by Gasteiger charge is 2.19. The summed E-state index contributed by atoms with van der Waals surface area (Å²) in [5, 5.41) is 0. The molecule has 0 saturated heterocycles. The molecule has 0 aliphatic heterocycles. The molecule has 0 aromatic heterocycles. The summed E-state index contributed by atoms with van der Waals surface area (Å²) in [6.45, 7) is 6.48. The van der Waals surface area contributed by atoms with Crippen molar-refractivity contribution < 1.29 is 28.6 Å². The van der Waals surface area contributed by atoms with Crippen molar-refractivity contribution >= 4 is 17.9 Å². The summed E-state index contributed by atoms with van der Waals surface area (Å²) < 4.78 is 16.7. The molecule has 0 aliphatic rings. The van der Waals surface area contributed by atoms with Crippen molar-refractivity contribution in [3.8, 4) is 0 Å². The molecule has 0 saturated carbocycles. The maximum absolute atomic E-state index is 12.7. The first kappa shape index (κ1) is 54.4. The monoisotopic (exact) mass is 799 g/mol. The first-order valence-corrected chi connectivity index (χ1v) is 24.1. The Hall–Kier alpha value is -2.63. The first-order chi connectivity index (χ1) is 28.0. The van der Waals surface area contributed by atoms with E-state index in [9.17, 15) is 14.4 Å². The highest BCUT2D eigenvalue weighted by molar-refractivity contribution is 5.71. The normalized spacial score (nSPS) is 12.4. The molecule has 6 nitrogen and oxygen atoms in total. The molecule has 0 N–H and O–H groups in total. The van der Waals surface area contributed by atoms with Crippen molar-refractivity contribution in [1.29, 1.82) is 0 Å². The Balaban J connectivity index is 4.40. The Kier molecular flexibility index (Phi) is 43.9. The van der Waals surface area contributed by atoms with Crippen LogP contribution in [0.5, 0.6) is 0 Å². The lowest BCUT2D eigenvalue weighted by atomic mass is 10.1. The number of carbonyl (C=O) groups excluding carboxylic acids is 3. The number of esters is 3. The van der Waals surface area contributed by atoms with Gasteiger partial charge in [-0.25, -0.2) is 0 Å². The fourth-order valence-corrected chi connectivity index (χ4v) is 6.69. The lowest BCUT2D eigenvalue weighted by Gasteiger charge is -2.18. The number of hydrogen-bond donors (Lipinski definition) is 0. The van der Waals surface area contributed by atoms with Gasteiger partial charge >= 0.3 is 17.9 Å². The van der Waals surface area contributed by atoms with Gasteiger partial charge in [-0.1, -0.05) is 191 Å². The van der Waals surface area contributed by atoms with Gasteiger partial charge in [0.25, 0.3) is 0 Å². The van der Waals surface area contributed by atoms with Crippen LogP contribution >= 0.6 is 0 Å². The zero-order valence-electron chi connectivity index (χ0n) is 37.6. The predicted octanol–water partition coefficient (Wildman–Crippen LogP) is 15.5. The van der Waals surface area contributed by atoms with Gasteiger partial charge in [-0.3, -0.25) is 14.4 Å². The lowest BCUT2D eigenvalue weighted by molar-refractivity contribution is -0.167. The molecule has 6 heteroatoms. The topological polar surface area (TPSA) is 78.9 Å². The van der Waals surface area contributed by atoms with Crippen molar-refractivity contribution in [1.82, 2.24) is 0 Å². The third-order valence-corrected chi connectivity index (χ3v) is 10.3. The maximum atomic E-state index is 12.7. The van der Waals surface area contributed by atoms with Gasteiger partial charge in [-0.05, 0) is 77.0 Å². The summed E-state index contributed by atoms with van der Waals surface area (Å²) in [4.78, 5) is 37.8. The second-order valence-electron chi connectivity index (χ2n) is 16.0. The van der Waals surface area contributed by atoms with Crippen LogP contribution in [0.15, 0.2) is 48.6 Å². The fourth-order valence-electron chi connectivity index (χ4n) is 6.69. The Labute approximate surface area is 352 Å². The van der Waals surface area contributed by atoms with Crippen LogP contribution in [-0.2, 0) is 28.6 Å². The van der Waals surface area contributed by atoms with E-state index in [0.717, 1.165) is 109 Å². The SMILES string of the molecule is CC/C=C\C/C=C\C/C=C\CCCCCCCC(=O)OCC(COC(=O)CCCCCCCCCCCCC)OC(=O)CCCCCCC/C=C\CCCCCC. The van der Waals surface area contributed by atoms with Gasteiger partial charge in [0.2, 0.25) is 0 Å². The van der Waals surface area contributed by atoms with E-state index in [4.69, 9.17) is 14.2 Å². The second-order valence-corrected chi connectivity index (χ2v) is 16.0. The first-order valence-electron chi connectivity index (χ1n) is 24.1. The summed E-state index contributed by atoms with van der Waals surface area (Å²) in [6.07, 6.45) is 53.7. The summed E-state index contributed by atoms with van der Waals surface area (Å²) >= 11 is 0. The zero-order valence-corrected chi connectivity index (χ0v) is 37.6. The maximum Gasteiger partial charge on any atom is 0.306 e. The third-order valence-electron chi connectivity index (χ3n) is 10.3. The summed E-state index contributed by atoms with van der Waals surface area (Å²) in [7, 11) is 0. The number of allylic oxidation sites excluding steroid dienone is 8. The minimum atomic E-state index is -0.780. The highest BCUT2D eigenvalue weighted by atomic mass is 16.6. The summed E-state index contributed by atoms with van der Waals surface area (Å²) in [5.74, 6) is -0.905. The minimum absolute atomic E-state index is 0.0803. The molecule has 330 valence electrons. The van der Waals surface area contributed by atoms with E-state index in [0.29, 0.717) is 19.3 Å². The van der Waals surface area contributed by atoms with Gasteiger partial charge in [0.15, 0.2) is 6.10 Å². The number of unbranched alkanes of at least 4 members (excludes halogenated alkanes) is 24. The number of rotatable bonds is 43. The van der Waals surface area contributed by atoms with Crippen LogP contribution in [0.2, 0.25) is 0 Å². The van der Waals surface area contributed by atoms with E-state index < -0.39 is 6.10 Å². The van der Waals surface area contributed by atoms with E-state index >= 15 is 0 Å². The van der Waals surface area contributed by atoms with Gasteiger partial charge in [0, 0.05) is 19.3 Å². The molecule has 57 heavy (non-hydrogen) atoms. The summed E-state index contributed by atoms with van der Waals surface area (Å²) in [6, 6.07) is 0. The van der Waals surface area contributed by atoms with Crippen LogP contribution < -0.4 is 0 Å². The molecule has 0 heterocycles. The van der Waals surface area contributed by atoms with Gasteiger partial charge in [0.1, 0.15) is 13.2 Å². The molecule has 0 amide bonds. The van der Waals surface area contributed by atoms with Crippen molar-refractivity contribution in [3.63, 3.8) is 0 Å². The Morgan fingerprint density at radius 1 is 0.368 bits per heavy atom. The molecule has 0 aromatic carbocycles. The van der Waals surface area contributed by atoms with Gasteiger partial charge < -0.3 is 14.2 Å². The van der Waals surface area contributed by atoms with Crippen LogP contribution in [0.25, 0.3) is 0 Å². The quantitative estimate of drug-likeness (QED) is 0.0265. The second kappa shape index (κ2) is 46.1. The number of hydrogen-bond acceptors (Lipinski definition) is 6. The van der Waals surface area contributed by atoms with E-state index in [1.807, 2.05) is 0 Å². The van der Waals surface area contributed by atoms with Crippen LogP contribution in [0.1, 0.15) is 239 Å². The van der Waals surface area contributed by atoms with Crippen LogP contribution in [0.4, 0.5) is 0 Å². The van der Waals surface area contributed by atoms with Crippen molar-refractivity contribution in [3.05, 3.63) is 48.6 Å². The van der Waals surface area contributed by atoms with Gasteiger partial charge in [0.05, 0.1) is 0 Å². The van der Waals surface area contributed by atoms with Crippen molar-refractivity contribution in [2.75, 3.05) is 13.2 Å². The average molecular weight is 799 g/mol. The largest absolute Gasteiger partial charge is 0.462 e. The Morgan fingerprint density at radius 2 is 0.684 bits per heavy atom. The Morgan fingerprint density at radius 3 is 1.11 bits per heavy atom. The smallest absolute Gasteiger partial charge is 0.306 e. The fraction of sp³-hybridized carbons (Fsp3) is 0.784. The minimum Gasteiger partial charge on any atom is -0.462 e. The number of carbonyl (C=O) groups is 3. The standard InChI is InChI=1S/C51H90O6/c1-4-7-10-13-16-19-22-24-25-27-29-32-35-38-41-44-50(53)56-47-48(46-55-49(52)43-40-37-34-31-28-21-18-15-12-9-6-3)57-51(54)45-42-39-36-33-30-26-23-20-17-14-11-8-5-2/h7,10,16,19-20,23-25,48H,4-6,8-9,11-15,17-18,21-22,26-47H2,1-3H3/b10-7-,19-16-,23-20-,25-24-. The number of ether oxygens (including phenoxy) is 3. The molecular weight excluding hydrogens is 709 g/mol. The molecule has 0 bridgehead atoms. The van der Waals surface area contributed by atoms with Gasteiger partial charge in [-0.2, -0.15) is 0 Å². The molecule has 1 atom stereocenters. The molecule has 0 fully saturated rings. The van der Waals surface area contributed by atoms with Crippen molar-refractivity contribution in [2.45, 2.75) is 245 Å². The van der Waals surface area contributed by atoms with E-state index in [2.05, 4.69) is 69.4 Å². The van der Waals surface area contributed by atoms with Gasteiger partial charge in [-0.15, -0.1) is 0 Å². The molecule has 0 radical (unpaired) electrons. The Bertz CT molecular complexity index is 1010. The summed E-state index contributed by atoms with van der Waals surface area (Å²) in [5.41, 5.74) is 0. The molecule has 0 aromatic rings. The van der Waals surface area contributed by atoms with E-state index in [1.165, 1.54) is 89.9 Å². The highest BCUT2D eigenvalue weighted by Crippen LogP contribution is 2.14. The lowest BCUT2D eigenvalue weighted by Crippen LogP contribution is -2.30. The molecule has 0 rings (SSSR count). The van der Waals surface area contributed by atoms with E-state index in [1.54, 1.807) is 0 Å². The molecule has 1 unspecified atom stereocenters. The van der Waals surface area contributed by atoms with Crippen LogP contribution in [0.3, 0.4) is 0 Å². The van der Waals surface area contributed by atoms with Crippen LogP contribution in [-0.4, -0.2) is 37.2 Å². The third kappa shape index (κ3) is 44.3. The van der Waals surface area contributed by atoms with Crippen LogP contribution in [0, 0.1) is 0 Å². The van der Waals surface area contributed by atoms with E-state index in [-0.39, 0.29) is 31.1 Å². The van der Waals surface area contributed by atoms with Crippen molar-refractivity contribution in [2.24, 2.45) is 0 Å².